The van der Waals surface area contributed by atoms with Crippen LogP contribution in [0.1, 0.15) is 5.56 Å². The number of ether oxygens (including phenoxy) is 3. The van der Waals surface area contributed by atoms with E-state index in [-0.39, 0.29) is 31.0 Å². The zero-order chi connectivity index (χ0) is 18.6. The van der Waals surface area contributed by atoms with Gasteiger partial charge in [-0.15, -0.1) is 0 Å². The van der Waals surface area contributed by atoms with E-state index in [4.69, 9.17) is 19.9 Å². The molecule has 2 heterocycles. The molecule has 2 aliphatic rings. The molecule has 3 N–H and O–H groups in total. The minimum Gasteiger partial charge on any atom is -0.371 e. The standard InChI is InChI=1S/C21H24N2O4/c22-19(24)13-25-18-12-27-20-17(11-26-21(18)20)23-10-14-6-8-16(9-7-14)15-4-2-1-3-5-15/h1-9,17-18,20-21,23H,10-13H2,(H2,22,24). The Morgan fingerprint density at radius 3 is 2.44 bits per heavy atom. The molecule has 2 aromatic carbocycles. The minimum atomic E-state index is -0.481. The monoisotopic (exact) mass is 368 g/mol. The lowest BCUT2D eigenvalue weighted by Gasteiger charge is -2.18. The molecule has 0 bridgehead atoms. The van der Waals surface area contributed by atoms with Gasteiger partial charge in [-0.25, -0.2) is 0 Å². The quantitative estimate of drug-likeness (QED) is 0.774. The second kappa shape index (κ2) is 8.19. The number of benzene rings is 2. The Bertz CT molecular complexity index is 766. The van der Waals surface area contributed by atoms with Gasteiger partial charge >= 0.3 is 0 Å². The van der Waals surface area contributed by atoms with Gasteiger partial charge < -0.3 is 25.3 Å². The number of primary amides is 1. The Kier molecular flexibility index (Phi) is 5.50. The van der Waals surface area contributed by atoms with Crippen molar-refractivity contribution in [3.63, 3.8) is 0 Å². The van der Waals surface area contributed by atoms with Crippen molar-refractivity contribution in [2.45, 2.75) is 30.9 Å². The first-order valence-electron chi connectivity index (χ1n) is 9.21. The van der Waals surface area contributed by atoms with Gasteiger partial charge in [0.2, 0.25) is 5.91 Å². The zero-order valence-corrected chi connectivity index (χ0v) is 15.0. The van der Waals surface area contributed by atoms with Gasteiger partial charge in [0.15, 0.2) is 0 Å². The van der Waals surface area contributed by atoms with Crippen LogP contribution >= 0.6 is 0 Å². The van der Waals surface area contributed by atoms with Crippen LogP contribution in [0.3, 0.4) is 0 Å². The van der Waals surface area contributed by atoms with E-state index >= 15 is 0 Å². The van der Waals surface area contributed by atoms with E-state index in [1.165, 1.54) is 16.7 Å². The van der Waals surface area contributed by atoms with Crippen molar-refractivity contribution >= 4 is 5.91 Å². The molecule has 6 nitrogen and oxygen atoms in total. The fourth-order valence-electron chi connectivity index (χ4n) is 3.67. The van der Waals surface area contributed by atoms with Crippen LogP contribution in [-0.2, 0) is 25.5 Å². The van der Waals surface area contributed by atoms with Crippen LogP contribution < -0.4 is 11.1 Å². The molecule has 27 heavy (non-hydrogen) atoms. The fraction of sp³-hybridized carbons (Fsp3) is 0.381. The number of nitrogens with one attached hydrogen (secondary N) is 1. The largest absolute Gasteiger partial charge is 0.371 e. The van der Waals surface area contributed by atoms with Crippen LogP contribution in [0.25, 0.3) is 11.1 Å². The van der Waals surface area contributed by atoms with Gasteiger partial charge in [-0.3, -0.25) is 4.79 Å². The van der Waals surface area contributed by atoms with Gasteiger partial charge in [-0.2, -0.15) is 0 Å². The number of amides is 1. The Hall–Kier alpha value is -2.25. The minimum absolute atomic E-state index is 0.0635. The summed E-state index contributed by atoms with van der Waals surface area (Å²) in [7, 11) is 0. The van der Waals surface area contributed by atoms with E-state index in [1.807, 2.05) is 18.2 Å². The first-order valence-corrected chi connectivity index (χ1v) is 9.21. The third-order valence-corrected chi connectivity index (χ3v) is 5.08. The van der Waals surface area contributed by atoms with E-state index in [0.29, 0.717) is 13.2 Å². The number of nitrogens with two attached hydrogens (primary N) is 1. The van der Waals surface area contributed by atoms with Crippen LogP contribution in [0.15, 0.2) is 54.6 Å². The van der Waals surface area contributed by atoms with E-state index in [0.717, 1.165) is 6.54 Å². The summed E-state index contributed by atoms with van der Waals surface area (Å²) >= 11 is 0. The molecule has 4 unspecified atom stereocenters. The summed E-state index contributed by atoms with van der Waals surface area (Å²) in [6.45, 7) is 1.62. The Morgan fingerprint density at radius 1 is 1.00 bits per heavy atom. The number of carbonyl (C=O) groups excluding carboxylic acids is 1. The normalized spacial score (nSPS) is 26.8. The van der Waals surface area contributed by atoms with Crippen molar-refractivity contribution in [2.24, 2.45) is 5.73 Å². The highest BCUT2D eigenvalue weighted by atomic mass is 16.6. The van der Waals surface area contributed by atoms with Gasteiger partial charge in [0.1, 0.15) is 24.9 Å². The van der Waals surface area contributed by atoms with E-state index in [9.17, 15) is 4.79 Å². The van der Waals surface area contributed by atoms with Crippen LogP contribution in [0.4, 0.5) is 0 Å². The lowest BCUT2D eigenvalue weighted by atomic mass is 10.0. The molecule has 4 rings (SSSR count). The second-order valence-corrected chi connectivity index (χ2v) is 6.96. The summed E-state index contributed by atoms with van der Waals surface area (Å²) < 4.78 is 17.2. The Labute approximate surface area is 158 Å². The number of fused-ring (bicyclic) bond motifs is 1. The average molecular weight is 368 g/mol. The van der Waals surface area contributed by atoms with Gasteiger partial charge in [0, 0.05) is 6.54 Å². The van der Waals surface area contributed by atoms with E-state index in [1.54, 1.807) is 0 Å². The topological polar surface area (TPSA) is 82.8 Å². The lowest BCUT2D eigenvalue weighted by Crippen LogP contribution is -2.41. The lowest BCUT2D eigenvalue weighted by molar-refractivity contribution is -0.126. The van der Waals surface area contributed by atoms with Crippen molar-refractivity contribution in [2.75, 3.05) is 19.8 Å². The Balaban J connectivity index is 1.30. The molecular weight excluding hydrogens is 344 g/mol. The second-order valence-electron chi connectivity index (χ2n) is 6.96. The van der Waals surface area contributed by atoms with E-state index in [2.05, 4.69) is 41.7 Å². The maximum atomic E-state index is 10.9. The maximum absolute atomic E-state index is 10.9. The van der Waals surface area contributed by atoms with Gasteiger partial charge in [0.05, 0.1) is 19.3 Å². The van der Waals surface area contributed by atoms with Crippen LogP contribution in [0, 0.1) is 0 Å². The van der Waals surface area contributed by atoms with Crippen LogP contribution in [-0.4, -0.2) is 50.1 Å². The molecule has 0 aromatic heterocycles. The van der Waals surface area contributed by atoms with Gasteiger partial charge in [0.25, 0.3) is 0 Å². The molecule has 0 aliphatic carbocycles. The summed E-state index contributed by atoms with van der Waals surface area (Å²) in [4.78, 5) is 10.9. The average Bonchev–Trinajstić information content (AvgIpc) is 3.28. The summed E-state index contributed by atoms with van der Waals surface area (Å²) in [6, 6.07) is 19.0. The highest BCUT2D eigenvalue weighted by Crippen LogP contribution is 2.29. The molecular formula is C21H24N2O4. The molecule has 0 spiro atoms. The number of hydrogen-bond donors (Lipinski definition) is 2. The number of carbonyl (C=O) groups is 1. The van der Waals surface area contributed by atoms with Crippen molar-refractivity contribution in [3.05, 3.63) is 60.2 Å². The summed E-state index contributed by atoms with van der Waals surface area (Å²) in [5.41, 5.74) is 8.76. The Morgan fingerprint density at radius 2 is 1.70 bits per heavy atom. The SMILES string of the molecule is NC(=O)COC1COC2C(NCc3ccc(-c4ccccc4)cc3)COC12. The fourth-order valence-corrected chi connectivity index (χ4v) is 3.67. The summed E-state index contributed by atoms with van der Waals surface area (Å²) in [6.07, 6.45) is -0.451. The predicted molar refractivity (Wildman–Crippen MR) is 101 cm³/mol. The number of hydrogen-bond acceptors (Lipinski definition) is 5. The molecule has 2 aromatic rings. The summed E-state index contributed by atoms with van der Waals surface area (Å²) in [5, 5.41) is 3.52. The zero-order valence-electron chi connectivity index (χ0n) is 15.0. The van der Waals surface area contributed by atoms with Crippen molar-refractivity contribution in [1.82, 2.24) is 5.32 Å². The van der Waals surface area contributed by atoms with Crippen molar-refractivity contribution < 1.29 is 19.0 Å². The van der Waals surface area contributed by atoms with Crippen molar-refractivity contribution in [1.29, 1.82) is 0 Å². The maximum Gasteiger partial charge on any atom is 0.243 e. The molecule has 4 atom stereocenters. The smallest absolute Gasteiger partial charge is 0.243 e. The van der Waals surface area contributed by atoms with Gasteiger partial charge in [-0.1, -0.05) is 54.6 Å². The molecule has 2 fully saturated rings. The van der Waals surface area contributed by atoms with Crippen molar-refractivity contribution in [3.8, 4) is 11.1 Å². The molecule has 0 saturated carbocycles. The molecule has 0 radical (unpaired) electrons. The highest BCUT2D eigenvalue weighted by molar-refractivity contribution is 5.75. The molecule has 2 saturated heterocycles. The highest BCUT2D eigenvalue weighted by Gasteiger charge is 2.48. The molecule has 2 aliphatic heterocycles. The predicted octanol–water partition coefficient (Wildman–Crippen LogP) is 1.48. The van der Waals surface area contributed by atoms with Crippen LogP contribution in [0.2, 0.25) is 0 Å². The molecule has 1 amide bonds. The number of rotatable bonds is 7. The first-order chi connectivity index (χ1) is 13.2. The molecule has 6 heteroatoms. The van der Waals surface area contributed by atoms with E-state index < -0.39 is 5.91 Å². The molecule has 142 valence electrons. The third kappa shape index (κ3) is 4.20. The van der Waals surface area contributed by atoms with Gasteiger partial charge in [-0.05, 0) is 16.7 Å². The third-order valence-electron chi connectivity index (χ3n) is 5.08. The van der Waals surface area contributed by atoms with Crippen LogP contribution in [0.5, 0.6) is 0 Å². The first kappa shape index (κ1) is 18.1. The summed E-state index contributed by atoms with van der Waals surface area (Å²) in [5.74, 6) is -0.481.